The number of halogens is 1. The Morgan fingerprint density at radius 2 is 2.15 bits per heavy atom. The lowest BCUT2D eigenvalue weighted by molar-refractivity contribution is -0.0230. The van der Waals surface area contributed by atoms with Crippen molar-refractivity contribution in [1.82, 2.24) is 9.88 Å². The number of nitrogens with two attached hydrogens (primary N) is 1. The molecule has 1 aromatic rings. The average molecular weight is 300 g/mol. The van der Waals surface area contributed by atoms with Crippen LogP contribution in [0.2, 0.25) is 5.02 Å². The fraction of sp³-hybridized carbons (Fsp3) is 0.538. The molecule has 1 saturated heterocycles. The van der Waals surface area contributed by atoms with Gasteiger partial charge < -0.3 is 20.1 Å². The molecule has 0 bridgehead atoms. The number of carbonyl (C=O) groups is 1. The molecule has 0 aliphatic carbocycles. The molecular formula is C13H18ClN3O3. The van der Waals surface area contributed by atoms with Crippen LogP contribution in [0.4, 0.5) is 10.5 Å². The third kappa shape index (κ3) is 3.66. The van der Waals surface area contributed by atoms with Crippen LogP contribution in [0.5, 0.6) is 5.88 Å². The van der Waals surface area contributed by atoms with E-state index in [0.29, 0.717) is 29.7 Å². The van der Waals surface area contributed by atoms with Gasteiger partial charge in [-0.15, -0.1) is 0 Å². The minimum Gasteiger partial charge on any atom is -0.469 e. The van der Waals surface area contributed by atoms with Crippen LogP contribution in [0, 0.1) is 0 Å². The van der Waals surface area contributed by atoms with Crippen LogP contribution in [-0.4, -0.2) is 40.8 Å². The van der Waals surface area contributed by atoms with Gasteiger partial charge >= 0.3 is 6.09 Å². The molecule has 0 atom stereocenters. The summed E-state index contributed by atoms with van der Waals surface area (Å²) in [6, 6.07) is 1.58. The third-order valence-corrected chi connectivity index (χ3v) is 2.83. The van der Waals surface area contributed by atoms with Gasteiger partial charge in [0, 0.05) is 6.20 Å². The molecule has 2 rings (SSSR count). The zero-order valence-electron chi connectivity index (χ0n) is 11.7. The SMILES string of the molecule is CC(C)(C)OC(=O)N1CC(Oc2ncc(Cl)cc2N)C1. The first-order valence-corrected chi connectivity index (χ1v) is 6.68. The highest BCUT2D eigenvalue weighted by Crippen LogP contribution is 2.25. The largest absolute Gasteiger partial charge is 0.469 e. The summed E-state index contributed by atoms with van der Waals surface area (Å²) in [4.78, 5) is 17.3. The van der Waals surface area contributed by atoms with E-state index in [1.807, 2.05) is 20.8 Å². The molecule has 110 valence electrons. The van der Waals surface area contributed by atoms with Gasteiger partial charge in [0.15, 0.2) is 0 Å². The van der Waals surface area contributed by atoms with Crippen molar-refractivity contribution in [3.63, 3.8) is 0 Å². The van der Waals surface area contributed by atoms with Gasteiger partial charge in [0.1, 0.15) is 11.7 Å². The number of hydrogen-bond donors (Lipinski definition) is 1. The molecule has 1 aromatic heterocycles. The average Bonchev–Trinajstić information content (AvgIpc) is 2.22. The summed E-state index contributed by atoms with van der Waals surface area (Å²) in [5.74, 6) is 0.336. The summed E-state index contributed by atoms with van der Waals surface area (Å²) in [6.07, 6.45) is 1.00. The second-order valence-corrected chi connectivity index (χ2v) is 6.11. The van der Waals surface area contributed by atoms with Gasteiger partial charge in [0.05, 0.1) is 23.8 Å². The Hall–Kier alpha value is -1.69. The first kappa shape index (κ1) is 14.7. The third-order valence-electron chi connectivity index (χ3n) is 2.62. The van der Waals surface area contributed by atoms with Crippen molar-refractivity contribution in [3.05, 3.63) is 17.3 Å². The fourth-order valence-corrected chi connectivity index (χ4v) is 1.85. The number of carbonyl (C=O) groups excluding carboxylic acids is 1. The molecule has 0 unspecified atom stereocenters. The van der Waals surface area contributed by atoms with E-state index in [2.05, 4.69) is 4.98 Å². The van der Waals surface area contributed by atoms with Gasteiger partial charge in [0.2, 0.25) is 5.88 Å². The summed E-state index contributed by atoms with van der Waals surface area (Å²) in [5, 5.41) is 0.457. The quantitative estimate of drug-likeness (QED) is 0.906. The molecule has 0 aromatic carbocycles. The van der Waals surface area contributed by atoms with Crippen molar-refractivity contribution in [2.45, 2.75) is 32.5 Å². The second-order valence-electron chi connectivity index (χ2n) is 5.67. The normalized spacial score (nSPS) is 15.7. The zero-order chi connectivity index (χ0) is 14.9. The van der Waals surface area contributed by atoms with Crippen molar-refractivity contribution in [2.75, 3.05) is 18.8 Å². The maximum atomic E-state index is 11.7. The van der Waals surface area contributed by atoms with E-state index in [1.54, 1.807) is 11.0 Å². The summed E-state index contributed by atoms with van der Waals surface area (Å²) in [7, 11) is 0. The molecular weight excluding hydrogens is 282 g/mol. The Balaban J connectivity index is 1.83. The molecule has 1 fully saturated rings. The summed E-state index contributed by atoms with van der Waals surface area (Å²) in [6.45, 7) is 6.41. The van der Waals surface area contributed by atoms with E-state index in [0.717, 1.165) is 0 Å². The lowest BCUT2D eigenvalue weighted by Crippen LogP contribution is -2.57. The highest BCUT2D eigenvalue weighted by atomic mass is 35.5. The molecule has 7 heteroatoms. The van der Waals surface area contributed by atoms with E-state index in [4.69, 9.17) is 26.8 Å². The van der Waals surface area contributed by atoms with Crippen molar-refractivity contribution >= 4 is 23.4 Å². The molecule has 1 aliphatic rings. The van der Waals surface area contributed by atoms with Crippen LogP contribution in [0.15, 0.2) is 12.3 Å². The van der Waals surface area contributed by atoms with Crippen LogP contribution in [0.25, 0.3) is 0 Å². The number of ether oxygens (including phenoxy) is 2. The Labute approximate surface area is 122 Å². The van der Waals surface area contributed by atoms with Gasteiger partial charge in [0.25, 0.3) is 0 Å². The van der Waals surface area contributed by atoms with E-state index in [-0.39, 0.29) is 12.2 Å². The molecule has 1 amide bonds. The summed E-state index contributed by atoms with van der Waals surface area (Å²) >= 11 is 5.76. The number of nitrogens with zero attached hydrogens (tertiary/aromatic N) is 2. The van der Waals surface area contributed by atoms with Gasteiger partial charge in [-0.05, 0) is 26.8 Å². The second kappa shape index (κ2) is 5.36. The number of anilines is 1. The van der Waals surface area contributed by atoms with Gasteiger partial charge in [-0.25, -0.2) is 9.78 Å². The highest BCUT2D eigenvalue weighted by Gasteiger charge is 2.35. The first-order valence-electron chi connectivity index (χ1n) is 6.30. The van der Waals surface area contributed by atoms with Crippen LogP contribution in [-0.2, 0) is 4.74 Å². The number of hydrogen-bond acceptors (Lipinski definition) is 5. The molecule has 2 N–H and O–H groups in total. The number of amides is 1. The van der Waals surface area contributed by atoms with Gasteiger partial charge in [-0.3, -0.25) is 0 Å². The molecule has 0 radical (unpaired) electrons. The minimum atomic E-state index is -0.495. The fourth-order valence-electron chi connectivity index (χ4n) is 1.69. The van der Waals surface area contributed by atoms with E-state index in [1.165, 1.54) is 6.20 Å². The lowest BCUT2D eigenvalue weighted by Gasteiger charge is -2.39. The number of aromatic nitrogens is 1. The molecule has 6 nitrogen and oxygen atoms in total. The molecule has 0 spiro atoms. The van der Waals surface area contributed by atoms with Crippen LogP contribution >= 0.6 is 11.6 Å². The smallest absolute Gasteiger partial charge is 0.410 e. The van der Waals surface area contributed by atoms with Crippen LogP contribution in [0.1, 0.15) is 20.8 Å². The molecule has 20 heavy (non-hydrogen) atoms. The Morgan fingerprint density at radius 3 is 2.70 bits per heavy atom. The maximum Gasteiger partial charge on any atom is 0.410 e. The Kier molecular flexibility index (Phi) is 3.94. The zero-order valence-corrected chi connectivity index (χ0v) is 12.5. The summed E-state index contributed by atoms with van der Waals surface area (Å²) < 4.78 is 10.9. The number of rotatable bonds is 2. The minimum absolute atomic E-state index is 0.126. The van der Waals surface area contributed by atoms with Crippen molar-refractivity contribution in [1.29, 1.82) is 0 Å². The lowest BCUT2D eigenvalue weighted by atomic mass is 10.1. The van der Waals surface area contributed by atoms with E-state index in [9.17, 15) is 4.79 Å². The number of nitrogen functional groups attached to an aromatic ring is 1. The first-order chi connectivity index (χ1) is 9.24. The number of likely N-dealkylation sites (tertiary alicyclic amines) is 1. The van der Waals surface area contributed by atoms with Crippen LogP contribution in [0.3, 0.4) is 0 Å². The van der Waals surface area contributed by atoms with Crippen molar-refractivity contribution < 1.29 is 14.3 Å². The van der Waals surface area contributed by atoms with Crippen molar-refractivity contribution in [3.8, 4) is 5.88 Å². The van der Waals surface area contributed by atoms with Gasteiger partial charge in [-0.2, -0.15) is 0 Å². The van der Waals surface area contributed by atoms with Gasteiger partial charge in [-0.1, -0.05) is 11.6 Å². The molecule has 1 aliphatic heterocycles. The van der Waals surface area contributed by atoms with Crippen molar-refractivity contribution in [2.24, 2.45) is 0 Å². The Morgan fingerprint density at radius 1 is 1.50 bits per heavy atom. The Bertz CT molecular complexity index is 510. The van der Waals surface area contributed by atoms with Crippen LogP contribution < -0.4 is 10.5 Å². The highest BCUT2D eigenvalue weighted by molar-refractivity contribution is 6.30. The monoisotopic (exact) mass is 299 g/mol. The molecule has 0 saturated carbocycles. The summed E-state index contributed by atoms with van der Waals surface area (Å²) in [5.41, 5.74) is 5.64. The predicted molar refractivity (Wildman–Crippen MR) is 75.9 cm³/mol. The molecule has 2 heterocycles. The number of pyridine rings is 1. The predicted octanol–water partition coefficient (Wildman–Crippen LogP) is 2.32. The standard InChI is InChI=1S/C13H18ClN3O3/c1-13(2,3)20-12(18)17-6-9(7-17)19-11-10(15)4-8(14)5-16-11/h4-5,9H,6-7,15H2,1-3H3. The van der Waals surface area contributed by atoms with E-state index < -0.39 is 5.60 Å². The maximum absolute atomic E-state index is 11.7. The van der Waals surface area contributed by atoms with E-state index >= 15 is 0 Å². The topological polar surface area (TPSA) is 77.7 Å².